The van der Waals surface area contributed by atoms with Gasteiger partial charge in [0, 0.05) is 13.1 Å². The molecule has 1 atom stereocenters. The van der Waals surface area contributed by atoms with Gasteiger partial charge in [-0.25, -0.2) is 0 Å². The van der Waals surface area contributed by atoms with Gasteiger partial charge in [0.05, 0.1) is 18.8 Å². The van der Waals surface area contributed by atoms with Crippen LogP contribution in [0.1, 0.15) is 19.4 Å². The molecule has 1 rings (SSSR count). The van der Waals surface area contributed by atoms with Crippen LogP contribution in [0.4, 0.5) is 0 Å². The SMILES string of the molecule is CC(C)(OCCNCc1ccccc1)C(CO)OCO. The average molecular weight is 283 g/mol. The van der Waals surface area contributed by atoms with Crippen LogP contribution in [0.25, 0.3) is 0 Å². The molecule has 0 spiro atoms. The van der Waals surface area contributed by atoms with Crippen LogP contribution in [-0.2, 0) is 16.0 Å². The molecule has 0 aliphatic carbocycles. The number of benzene rings is 1. The van der Waals surface area contributed by atoms with Crippen LogP contribution in [0.15, 0.2) is 30.3 Å². The number of ether oxygens (including phenoxy) is 2. The first-order valence-electron chi connectivity index (χ1n) is 6.82. The zero-order valence-corrected chi connectivity index (χ0v) is 12.2. The number of hydrogen-bond acceptors (Lipinski definition) is 5. The molecule has 0 amide bonds. The predicted molar refractivity (Wildman–Crippen MR) is 77.2 cm³/mol. The molecule has 0 heterocycles. The Bertz CT molecular complexity index is 356. The molecule has 0 fully saturated rings. The summed E-state index contributed by atoms with van der Waals surface area (Å²) in [5.41, 5.74) is 0.579. The summed E-state index contributed by atoms with van der Waals surface area (Å²) in [6.07, 6.45) is -0.540. The van der Waals surface area contributed by atoms with E-state index in [9.17, 15) is 5.11 Å². The van der Waals surface area contributed by atoms with Gasteiger partial charge in [-0.3, -0.25) is 0 Å². The van der Waals surface area contributed by atoms with Crippen molar-refractivity contribution in [2.24, 2.45) is 0 Å². The molecular weight excluding hydrogens is 258 g/mol. The summed E-state index contributed by atoms with van der Waals surface area (Å²) in [5.74, 6) is 0. The maximum Gasteiger partial charge on any atom is 0.144 e. The molecule has 0 saturated heterocycles. The molecule has 0 saturated carbocycles. The Morgan fingerprint density at radius 2 is 1.90 bits per heavy atom. The predicted octanol–water partition coefficient (Wildman–Crippen LogP) is 0.899. The van der Waals surface area contributed by atoms with Crippen molar-refractivity contribution in [3.05, 3.63) is 35.9 Å². The first-order chi connectivity index (χ1) is 9.60. The fraction of sp³-hybridized carbons (Fsp3) is 0.600. The van der Waals surface area contributed by atoms with Crippen LogP contribution in [0.3, 0.4) is 0 Å². The average Bonchev–Trinajstić information content (AvgIpc) is 2.45. The Labute approximate surface area is 120 Å². The number of aliphatic hydroxyl groups excluding tert-OH is 2. The number of nitrogens with one attached hydrogen (secondary N) is 1. The minimum Gasteiger partial charge on any atom is -0.394 e. The maximum atomic E-state index is 9.21. The maximum absolute atomic E-state index is 9.21. The lowest BCUT2D eigenvalue weighted by molar-refractivity contribution is -0.169. The lowest BCUT2D eigenvalue weighted by Crippen LogP contribution is -2.44. The van der Waals surface area contributed by atoms with Crippen LogP contribution in [0.5, 0.6) is 0 Å². The van der Waals surface area contributed by atoms with Gasteiger partial charge < -0.3 is 25.0 Å². The second-order valence-electron chi connectivity index (χ2n) is 5.08. The van der Waals surface area contributed by atoms with Crippen LogP contribution in [-0.4, -0.2) is 48.5 Å². The second-order valence-corrected chi connectivity index (χ2v) is 5.08. The zero-order valence-electron chi connectivity index (χ0n) is 12.2. The number of rotatable bonds is 10. The molecule has 1 aromatic rings. The van der Waals surface area contributed by atoms with Crippen molar-refractivity contribution < 1.29 is 19.7 Å². The van der Waals surface area contributed by atoms with Crippen molar-refractivity contribution in [3.8, 4) is 0 Å². The molecule has 114 valence electrons. The lowest BCUT2D eigenvalue weighted by atomic mass is 10.0. The van der Waals surface area contributed by atoms with E-state index in [-0.39, 0.29) is 6.61 Å². The van der Waals surface area contributed by atoms with Gasteiger partial charge in [-0.2, -0.15) is 0 Å². The fourth-order valence-electron chi connectivity index (χ4n) is 1.87. The summed E-state index contributed by atoms with van der Waals surface area (Å²) in [7, 11) is 0. The van der Waals surface area contributed by atoms with E-state index in [1.54, 1.807) is 0 Å². The van der Waals surface area contributed by atoms with Gasteiger partial charge in [-0.15, -0.1) is 0 Å². The second kappa shape index (κ2) is 9.05. The van der Waals surface area contributed by atoms with E-state index in [0.717, 1.165) is 6.54 Å². The molecule has 0 radical (unpaired) electrons. The summed E-state index contributed by atoms with van der Waals surface area (Å²) >= 11 is 0. The minimum absolute atomic E-state index is 0.189. The van der Waals surface area contributed by atoms with Gasteiger partial charge in [-0.05, 0) is 19.4 Å². The third-order valence-electron chi connectivity index (χ3n) is 3.14. The van der Waals surface area contributed by atoms with Crippen molar-refractivity contribution in [3.63, 3.8) is 0 Å². The first kappa shape index (κ1) is 17.1. The van der Waals surface area contributed by atoms with E-state index >= 15 is 0 Å². The highest BCUT2D eigenvalue weighted by Gasteiger charge is 2.30. The highest BCUT2D eigenvalue weighted by atomic mass is 16.6. The van der Waals surface area contributed by atoms with Gasteiger partial charge in [0.15, 0.2) is 0 Å². The lowest BCUT2D eigenvalue weighted by Gasteiger charge is -2.32. The summed E-state index contributed by atoms with van der Waals surface area (Å²) in [5, 5.41) is 21.3. The largest absolute Gasteiger partial charge is 0.394 e. The third kappa shape index (κ3) is 5.98. The molecule has 1 unspecified atom stereocenters. The van der Waals surface area contributed by atoms with E-state index in [1.165, 1.54) is 5.56 Å². The Balaban J connectivity index is 2.22. The van der Waals surface area contributed by atoms with Gasteiger partial charge in [0.25, 0.3) is 0 Å². The molecule has 0 bridgehead atoms. The Morgan fingerprint density at radius 1 is 1.20 bits per heavy atom. The molecular formula is C15H25NO4. The third-order valence-corrected chi connectivity index (χ3v) is 3.14. The van der Waals surface area contributed by atoms with Gasteiger partial charge in [-0.1, -0.05) is 30.3 Å². The van der Waals surface area contributed by atoms with Gasteiger partial charge in [0.1, 0.15) is 12.9 Å². The Kier molecular flexibility index (Phi) is 7.72. The van der Waals surface area contributed by atoms with Crippen LogP contribution < -0.4 is 5.32 Å². The summed E-state index contributed by atoms with van der Waals surface area (Å²) in [6.45, 7) is 5.05. The Hall–Kier alpha value is -0.980. The highest BCUT2D eigenvalue weighted by molar-refractivity contribution is 5.14. The van der Waals surface area contributed by atoms with E-state index in [1.807, 2.05) is 32.0 Å². The first-order valence-corrected chi connectivity index (χ1v) is 6.82. The molecule has 0 aromatic heterocycles. The number of aliphatic hydroxyl groups is 2. The molecule has 5 nitrogen and oxygen atoms in total. The van der Waals surface area contributed by atoms with E-state index in [4.69, 9.17) is 14.6 Å². The zero-order chi connectivity index (χ0) is 14.8. The monoisotopic (exact) mass is 283 g/mol. The van der Waals surface area contributed by atoms with Gasteiger partial charge in [0.2, 0.25) is 0 Å². The normalized spacial score (nSPS) is 13.4. The molecule has 5 heteroatoms. The standard InChI is InChI=1S/C15H25NO4/c1-15(2,14(11-17)19-12-18)20-9-8-16-10-13-6-4-3-5-7-13/h3-7,14,16-18H,8-12H2,1-2H3. The smallest absolute Gasteiger partial charge is 0.144 e. The number of hydrogen-bond donors (Lipinski definition) is 3. The van der Waals surface area contributed by atoms with Crippen molar-refractivity contribution in [2.45, 2.75) is 32.1 Å². The van der Waals surface area contributed by atoms with E-state index in [0.29, 0.717) is 13.2 Å². The summed E-state index contributed by atoms with van der Waals surface area (Å²) in [4.78, 5) is 0. The summed E-state index contributed by atoms with van der Waals surface area (Å²) < 4.78 is 10.8. The minimum atomic E-state index is -0.647. The van der Waals surface area contributed by atoms with Crippen molar-refractivity contribution in [1.29, 1.82) is 0 Å². The Morgan fingerprint density at radius 3 is 2.50 bits per heavy atom. The van der Waals surface area contributed by atoms with Crippen molar-refractivity contribution in [1.82, 2.24) is 5.32 Å². The van der Waals surface area contributed by atoms with Crippen LogP contribution in [0.2, 0.25) is 0 Å². The molecule has 0 aliphatic rings. The molecule has 20 heavy (non-hydrogen) atoms. The van der Waals surface area contributed by atoms with Crippen molar-refractivity contribution >= 4 is 0 Å². The summed E-state index contributed by atoms with van der Waals surface area (Å²) in [6, 6.07) is 10.1. The quantitative estimate of drug-likeness (QED) is 0.439. The topological polar surface area (TPSA) is 71.0 Å². The molecule has 3 N–H and O–H groups in total. The van der Waals surface area contributed by atoms with Crippen LogP contribution >= 0.6 is 0 Å². The fourth-order valence-corrected chi connectivity index (χ4v) is 1.87. The van der Waals surface area contributed by atoms with Crippen LogP contribution in [0, 0.1) is 0 Å². The van der Waals surface area contributed by atoms with E-state index < -0.39 is 18.5 Å². The molecule has 0 aliphatic heterocycles. The van der Waals surface area contributed by atoms with Gasteiger partial charge >= 0.3 is 0 Å². The highest BCUT2D eigenvalue weighted by Crippen LogP contribution is 2.17. The molecule has 1 aromatic carbocycles. The van der Waals surface area contributed by atoms with E-state index in [2.05, 4.69) is 17.4 Å². The van der Waals surface area contributed by atoms with Crippen molar-refractivity contribution in [2.75, 3.05) is 26.6 Å².